The van der Waals surface area contributed by atoms with Gasteiger partial charge in [-0.05, 0) is 36.8 Å². The standard InChI is InChI=1S/C15H13ClN2O3/c1-10-2-5-12(16)8-14(10)17-9-15(19)11-3-6-13(7-4-11)18(20)21/h2-8,17H,9H2,1H3. The topological polar surface area (TPSA) is 72.2 Å². The zero-order valence-corrected chi connectivity index (χ0v) is 12.1. The first-order chi connectivity index (χ1) is 9.97. The van der Waals surface area contributed by atoms with E-state index >= 15 is 0 Å². The third kappa shape index (κ3) is 3.79. The van der Waals surface area contributed by atoms with E-state index in [1.54, 1.807) is 12.1 Å². The van der Waals surface area contributed by atoms with Crippen molar-refractivity contribution in [1.29, 1.82) is 0 Å². The van der Waals surface area contributed by atoms with Crippen LogP contribution in [0.2, 0.25) is 5.02 Å². The van der Waals surface area contributed by atoms with Crippen molar-refractivity contribution in [2.75, 3.05) is 11.9 Å². The van der Waals surface area contributed by atoms with Crippen LogP contribution in [0.25, 0.3) is 0 Å². The number of carbonyl (C=O) groups is 1. The van der Waals surface area contributed by atoms with Crippen molar-refractivity contribution in [1.82, 2.24) is 0 Å². The van der Waals surface area contributed by atoms with Crippen LogP contribution >= 0.6 is 11.6 Å². The zero-order valence-electron chi connectivity index (χ0n) is 11.3. The molecule has 0 aliphatic rings. The van der Waals surface area contributed by atoms with Gasteiger partial charge in [-0.25, -0.2) is 0 Å². The highest BCUT2D eigenvalue weighted by molar-refractivity contribution is 6.30. The van der Waals surface area contributed by atoms with Gasteiger partial charge in [0.25, 0.3) is 5.69 Å². The molecule has 0 amide bonds. The molecule has 21 heavy (non-hydrogen) atoms. The van der Waals surface area contributed by atoms with Gasteiger partial charge in [0.2, 0.25) is 0 Å². The van der Waals surface area contributed by atoms with Crippen LogP contribution in [0.3, 0.4) is 0 Å². The van der Waals surface area contributed by atoms with Gasteiger partial charge in [0.05, 0.1) is 11.5 Å². The Morgan fingerprint density at radius 2 is 1.90 bits per heavy atom. The number of nitro benzene ring substituents is 1. The summed E-state index contributed by atoms with van der Waals surface area (Å²) in [6.45, 7) is 2.01. The molecule has 0 fully saturated rings. The molecule has 0 aromatic heterocycles. The van der Waals surface area contributed by atoms with Crippen LogP contribution in [-0.4, -0.2) is 17.3 Å². The quantitative estimate of drug-likeness (QED) is 0.517. The lowest BCUT2D eigenvalue weighted by molar-refractivity contribution is -0.384. The Hall–Kier alpha value is -2.40. The first-order valence-electron chi connectivity index (χ1n) is 6.25. The molecule has 6 heteroatoms. The minimum Gasteiger partial charge on any atom is -0.377 e. The van der Waals surface area contributed by atoms with E-state index in [1.807, 2.05) is 13.0 Å². The number of nitrogens with zero attached hydrogens (tertiary/aromatic N) is 1. The average molecular weight is 305 g/mol. The molecule has 0 bridgehead atoms. The molecule has 0 unspecified atom stereocenters. The molecule has 2 rings (SSSR count). The lowest BCUT2D eigenvalue weighted by Crippen LogP contribution is -2.14. The Labute approximate surface area is 126 Å². The third-order valence-electron chi connectivity index (χ3n) is 3.04. The number of aryl methyl sites for hydroxylation is 1. The van der Waals surface area contributed by atoms with Crippen LogP contribution in [0.4, 0.5) is 11.4 Å². The number of Topliss-reactive ketones (excluding diaryl/α,β-unsaturated/α-hetero) is 1. The van der Waals surface area contributed by atoms with E-state index in [0.29, 0.717) is 10.6 Å². The minimum absolute atomic E-state index is 0.0369. The van der Waals surface area contributed by atoms with E-state index in [2.05, 4.69) is 5.32 Å². The summed E-state index contributed by atoms with van der Waals surface area (Å²) in [6, 6.07) is 10.9. The fourth-order valence-electron chi connectivity index (χ4n) is 1.83. The van der Waals surface area contributed by atoms with Gasteiger partial charge in [-0.15, -0.1) is 0 Å². The van der Waals surface area contributed by atoms with Crippen LogP contribution < -0.4 is 5.32 Å². The molecule has 5 nitrogen and oxygen atoms in total. The highest BCUT2D eigenvalue weighted by Gasteiger charge is 2.10. The van der Waals surface area contributed by atoms with Gasteiger partial charge < -0.3 is 5.32 Å². The summed E-state index contributed by atoms with van der Waals surface area (Å²) in [5.41, 5.74) is 2.16. The summed E-state index contributed by atoms with van der Waals surface area (Å²) in [7, 11) is 0. The van der Waals surface area contributed by atoms with Crippen molar-refractivity contribution in [2.24, 2.45) is 0 Å². The van der Waals surface area contributed by atoms with E-state index in [0.717, 1.165) is 11.3 Å². The maximum atomic E-state index is 12.0. The number of rotatable bonds is 5. The first kappa shape index (κ1) is 15.0. The van der Waals surface area contributed by atoms with Gasteiger partial charge in [-0.2, -0.15) is 0 Å². The number of non-ortho nitro benzene ring substituents is 1. The Morgan fingerprint density at radius 3 is 2.52 bits per heavy atom. The molecule has 2 aromatic carbocycles. The Morgan fingerprint density at radius 1 is 1.24 bits per heavy atom. The second-order valence-electron chi connectivity index (χ2n) is 4.54. The summed E-state index contributed by atoms with van der Waals surface area (Å²) in [4.78, 5) is 22.1. The molecule has 0 saturated carbocycles. The van der Waals surface area contributed by atoms with Crippen molar-refractivity contribution in [3.8, 4) is 0 Å². The van der Waals surface area contributed by atoms with Gasteiger partial charge in [0.1, 0.15) is 0 Å². The fraction of sp³-hybridized carbons (Fsp3) is 0.133. The van der Waals surface area contributed by atoms with Gasteiger partial charge in [-0.1, -0.05) is 17.7 Å². The maximum Gasteiger partial charge on any atom is 0.269 e. The molecule has 0 saturated heterocycles. The van der Waals surface area contributed by atoms with Gasteiger partial charge in [-0.3, -0.25) is 14.9 Å². The number of hydrogen-bond acceptors (Lipinski definition) is 4. The molecule has 1 N–H and O–H groups in total. The molecular formula is C15H13ClN2O3. The highest BCUT2D eigenvalue weighted by Crippen LogP contribution is 2.20. The van der Waals surface area contributed by atoms with E-state index in [1.165, 1.54) is 24.3 Å². The van der Waals surface area contributed by atoms with E-state index in [9.17, 15) is 14.9 Å². The normalized spacial score (nSPS) is 10.2. The molecular weight excluding hydrogens is 292 g/mol. The van der Waals surface area contributed by atoms with Crippen LogP contribution in [0.1, 0.15) is 15.9 Å². The Balaban J connectivity index is 2.04. The number of halogens is 1. The molecule has 2 aromatic rings. The lowest BCUT2D eigenvalue weighted by atomic mass is 10.1. The van der Waals surface area contributed by atoms with Crippen LogP contribution in [-0.2, 0) is 0 Å². The molecule has 0 atom stereocenters. The SMILES string of the molecule is Cc1ccc(Cl)cc1NCC(=O)c1ccc([N+](=O)[O-])cc1. The number of carbonyl (C=O) groups excluding carboxylic acids is 1. The van der Waals surface area contributed by atoms with Crippen molar-refractivity contribution >= 4 is 28.8 Å². The van der Waals surface area contributed by atoms with E-state index in [-0.39, 0.29) is 18.0 Å². The maximum absolute atomic E-state index is 12.0. The third-order valence-corrected chi connectivity index (χ3v) is 3.27. The predicted octanol–water partition coefficient (Wildman–Crippen LogP) is 3.85. The summed E-state index contributed by atoms with van der Waals surface area (Å²) in [6.07, 6.45) is 0. The minimum atomic E-state index is -0.498. The number of nitro groups is 1. The number of ketones is 1. The van der Waals surface area contributed by atoms with Crippen molar-refractivity contribution in [2.45, 2.75) is 6.92 Å². The highest BCUT2D eigenvalue weighted by atomic mass is 35.5. The van der Waals surface area contributed by atoms with Crippen molar-refractivity contribution < 1.29 is 9.72 Å². The Kier molecular flexibility index (Phi) is 4.55. The smallest absolute Gasteiger partial charge is 0.269 e. The van der Waals surface area contributed by atoms with E-state index < -0.39 is 4.92 Å². The number of hydrogen-bond donors (Lipinski definition) is 1. The van der Waals surface area contributed by atoms with Crippen LogP contribution in [0.5, 0.6) is 0 Å². The summed E-state index contributed by atoms with van der Waals surface area (Å²) >= 11 is 5.91. The number of benzene rings is 2. The van der Waals surface area contributed by atoms with Gasteiger partial charge in [0.15, 0.2) is 5.78 Å². The molecule has 0 spiro atoms. The van der Waals surface area contributed by atoms with Crippen LogP contribution in [0, 0.1) is 17.0 Å². The summed E-state index contributed by atoms with van der Waals surface area (Å²) in [5, 5.41) is 14.2. The summed E-state index contributed by atoms with van der Waals surface area (Å²) in [5.74, 6) is -0.149. The fourth-order valence-corrected chi connectivity index (χ4v) is 2.00. The molecule has 0 aliphatic heterocycles. The molecule has 0 aliphatic carbocycles. The number of anilines is 1. The monoisotopic (exact) mass is 304 g/mol. The zero-order chi connectivity index (χ0) is 15.4. The van der Waals surface area contributed by atoms with Crippen molar-refractivity contribution in [3.63, 3.8) is 0 Å². The Bertz CT molecular complexity index is 684. The second kappa shape index (κ2) is 6.37. The molecule has 0 radical (unpaired) electrons. The second-order valence-corrected chi connectivity index (χ2v) is 4.98. The largest absolute Gasteiger partial charge is 0.377 e. The number of nitrogens with one attached hydrogen (secondary N) is 1. The molecule has 108 valence electrons. The predicted molar refractivity (Wildman–Crippen MR) is 82.1 cm³/mol. The van der Waals surface area contributed by atoms with Gasteiger partial charge >= 0.3 is 0 Å². The first-order valence-corrected chi connectivity index (χ1v) is 6.63. The molecule has 0 heterocycles. The van der Waals surface area contributed by atoms with Gasteiger partial charge in [0, 0.05) is 28.4 Å². The average Bonchev–Trinajstić information content (AvgIpc) is 2.48. The van der Waals surface area contributed by atoms with E-state index in [4.69, 9.17) is 11.6 Å². The van der Waals surface area contributed by atoms with Crippen LogP contribution in [0.15, 0.2) is 42.5 Å². The summed E-state index contributed by atoms with van der Waals surface area (Å²) < 4.78 is 0. The lowest BCUT2D eigenvalue weighted by Gasteiger charge is -2.09. The van der Waals surface area contributed by atoms with Crippen molar-refractivity contribution in [3.05, 3.63) is 68.7 Å².